The van der Waals surface area contributed by atoms with Gasteiger partial charge in [0.1, 0.15) is 0 Å². The Morgan fingerprint density at radius 1 is 1.45 bits per heavy atom. The molecule has 0 radical (unpaired) electrons. The van der Waals surface area contributed by atoms with Gasteiger partial charge in [-0.3, -0.25) is 0 Å². The van der Waals surface area contributed by atoms with Crippen LogP contribution in [0.5, 0.6) is 0 Å². The third kappa shape index (κ3) is 1.20. The quantitative estimate of drug-likeness (QED) is 0.534. The van der Waals surface area contributed by atoms with Crippen LogP contribution in [0.1, 0.15) is 37.8 Å². The summed E-state index contributed by atoms with van der Waals surface area (Å²) in [5.74, 6) is 0.771. The number of hydrogen-bond acceptors (Lipinski definition) is 0. The van der Waals surface area contributed by atoms with Crippen molar-refractivity contribution < 1.29 is 0 Å². The van der Waals surface area contributed by atoms with Crippen LogP contribution in [0.25, 0.3) is 0 Å². The summed E-state index contributed by atoms with van der Waals surface area (Å²) in [5, 5.41) is 0. The first-order valence-electron chi connectivity index (χ1n) is 4.53. The highest BCUT2D eigenvalue weighted by atomic mass is 15.0. The van der Waals surface area contributed by atoms with Crippen molar-refractivity contribution in [2.24, 2.45) is 0 Å². The van der Waals surface area contributed by atoms with Crippen molar-refractivity contribution in [1.29, 1.82) is 0 Å². The fourth-order valence-electron chi connectivity index (χ4n) is 1.96. The topological polar surface area (TPSA) is 4.93 Å². The summed E-state index contributed by atoms with van der Waals surface area (Å²) in [7, 11) is 0. The standard InChI is InChI=1S/C10H15N/c1-9-5-2-3-7-11-8-4-6-10(9)11/h4,6,8-9H,2-3,5,7H2,1H3. The van der Waals surface area contributed by atoms with E-state index < -0.39 is 0 Å². The van der Waals surface area contributed by atoms with Gasteiger partial charge in [-0.15, -0.1) is 0 Å². The van der Waals surface area contributed by atoms with E-state index in [4.69, 9.17) is 0 Å². The molecule has 1 atom stereocenters. The summed E-state index contributed by atoms with van der Waals surface area (Å²) in [6.45, 7) is 3.56. The first-order valence-corrected chi connectivity index (χ1v) is 4.53. The molecular weight excluding hydrogens is 134 g/mol. The number of aryl methyl sites for hydroxylation is 1. The molecule has 1 unspecified atom stereocenters. The first-order chi connectivity index (χ1) is 5.38. The number of hydrogen-bond donors (Lipinski definition) is 0. The fraction of sp³-hybridized carbons (Fsp3) is 0.600. The van der Waals surface area contributed by atoms with Crippen molar-refractivity contribution in [2.75, 3.05) is 0 Å². The van der Waals surface area contributed by atoms with Gasteiger partial charge in [0.05, 0.1) is 0 Å². The Labute approximate surface area is 68.0 Å². The average Bonchev–Trinajstić information content (AvgIpc) is 2.40. The van der Waals surface area contributed by atoms with Crippen molar-refractivity contribution in [3.8, 4) is 0 Å². The summed E-state index contributed by atoms with van der Waals surface area (Å²) in [6, 6.07) is 4.42. The van der Waals surface area contributed by atoms with E-state index in [1.54, 1.807) is 0 Å². The second kappa shape index (κ2) is 2.72. The first kappa shape index (κ1) is 6.96. The molecule has 2 rings (SSSR count). The van der Waals surface area contributed by atoms with E-state index in [0.717, 1.165) is 5.92 Å². The Morgan fingerprint density at radius 2 is 2.36 bits per heavy atom. The van der Waals surface area contributed by atoms with Crippen LogP contribution in [0.15, 0.2) is 18.3 Å². The Balaban J connectivity index is 2.34. The molecule has 0 spiro atoms. The van der Waals surface area contributed by atoms with Crippen molar-refractivity contribution in [3.63, 3.8) is 0 Å². The molecule has 11 heavy (non-hydrogen) atoms. The van der Waals surface area contributed by atoms with Crippen LogP contribution in [0, 0.1) is 0 Å². The minimum atomic E-state index is 0.771. The zero-order chi connectivity index (χ0) is 7.68. The van der Waals surface area contributed by atoms with Crippen LogP contribution in [0.3, 0.4) is 0 Å². The summed E-state index contributed by atoms with van der Waals surface area (Å²) in [6.07, 6.45) is 6.32. The van der Waals surface area contributed by atoms with Crippen molar-refractivity contribution >= 4 is 0 Å². The molecule has 0 fully saturated rings. The van der Waals surface area contributed by atoms with Crippen molar-refractivity contribution in [2.45, 2.75) is 38.6 Å². The van der Waals surface area contributed by atoms with E-state index in [-0.39, 0.29) is 0 Å². The van der Waals surface area contributed by atoms with Gasteiger partial charge in [0.15, 0.2) is 0 Å². The minimum absolute atomic E-state index is 0.771. The van der Waals surface area contributed by atoms with Gasteiger partial charge in [-0.1, -0.05) is 13.3 Å². The molecule has 0 saturated carbocycles. The lowest BCUT2D eigenvalue weighted by Gasteiger charge is -2.08. The maximum absolute atomic E-state index is 2.40. The van der Waals surface area contributed by atoms with Gasteiger partial charge in [-0.2, -0.15) is 0 Å². The van der Waals surface area contributed by atoms with E-state index in [9.17, 15) is 0 Å². The predicted octanol–water partition coefficient (Wildman–Crippen LogP) is 2.78. The van der Waals surface area contributed by atoms with Crippen LogP contribution >= 0.6 is 0 Å². The normalized spacial score (nSPS) is 24.3. The Bertz CT molecular complexity index is 237. The predicted molar refractivity (Wildman–Crippen MR) is 46.7 cm³/mol. The molecule has 0 saturated heterocycles. The lowest BCUT2D eigenvalue weighted by atomic mass is 10.0. The molecule has 0 N–H and O–H groups in total. The maximum Gasteiger partial charge on any atom is 0.0222 e. The average molecular weight is 149 g/mol. The van der Waals surface area contributed by atoms with Gasteiger partial charge in [0.2, 0.25) is 0 Å². The molecule has 60 valence electrons. The zero-order valence-corrected chi connectivity index (χ0v) is 7.09. The van der Waals surface area contributed by atoms with Gasteiger partial charge >= 0.3 is 0 Å². The second-order valence-electron chi connectivity index (χ2n) is 3.52. The number of rotatable bonds is 0. The molecule has 1 aliphatic rings. The number of nitrogens with zero attached hydrogens (tertiary/aromatic N) is 1. The smallest absolute Gasteiger partial charge is 0.0222 e. The molecule has 1 aliphatic heterocycles. The summed E-state index contributed by atoms with van der Waals surface area (Å²) >= 11 is 0. The third-order valence-corrected chi connectivity index (χ3v) is 2.66. The van der Waals surface area contributed by atoms with E-state index >= 15 is 0 Å². The van der Waals surface area contributed by atoms with Gasteiger partial charge in [0.25, 0.3) is 0 Å². The molecule has 1 aromatic rings. The van der Waals surface area contributed by atoms with Crippen molar-refractivity contribution in [3.05, 3.63) is 24.0 Å². The number of fused-ring (bicyclic) bond motifs is 1. The molecule has 1 nitrogen and oxygen atoms in total. The molecule has 1 heteroatoms. The zero-order valence-electron chi connectivity index (χ0n) is 7.09. The SMILES string of the molecule is CC1CCCCn2cccc21. The maximum atomic E-state index is 2.40. The Hall–Kier alpha value is -0.720. The second-order valence-corrected chi connectivity index (χ2v) is 3.52. The van der Waals surface area contributed by atoms with Crippen LogP contribution < -0.4 is 0 Å². The van der Waals surface area contributed by atoms with Crippen LogP contribution in [-0.4, -0.2) is 4.57 Å². The van der Waals surface area contributed by atoms with Gasteiger partial charge in [-0.05, 0) is 30.9 Å². The number of aromatic nitrogens is 1. The molecule has 1 aromatic heterocycles. The highest BCUT2D eigenvalue weighted by molar-refractivity contribution is 5.12. The van der Waals surface area contributed by atoms with Crippen LogP contribution in [-0.2, 0) is 6.54 Å². The summed E-state index contributed by atoms with van der Waals surface area (Å²) in [5.41, 5.74) is 1.53. The van der Waals surface area contributed by atoms with Gasteiger partial charge in [0, 0.05) is 18.4 Å². The lowest BCUT2D eigenvalue weighted by Crippen LogP contribution is -1.99. The Kier molecular flexibility index (Phi) is 1.72. The highest BCUT2D eigenvalue weighted by Crippen LogP contribution is 2.25. The largest absolute Gasteiger partial charge is 0.351 e. The molecule has 0 bridgehead atoms. The summed E-state index contributed by atoms with van der Waals surface area (Å²) < 4.78 is 2.40. The highest BCUT2D eigenvalue weighted by Gasteiger charge is 2.12. The third-order valence-electron chi connectivity index (χ3n) is 2.66. The summed E-state index contributed by atoms with van der Waals surface area (Å²) in [4.78, 5) is 0. The molecule has 0 amide bonds. The fourth-order valence-corrected chi connectivity index (χ4v) is 1.96. The van der Waals surface area contributed by atoms with E-state index in [2.05, 4.69) is 29.8 Å². The molecule has 0 aliphatic carbocycles. The van der Waals surface area contributed by atoms with Gasteiger partial charge < -0.3 is 4.57 Å². The molecular formula is C10H15N. The molecule has 2 heterocycles. The molecule has 0 aromatic carbocycles. The Morgan fingerprint density at radius 3 is 3.27 bits per heavy atom. The van der Waals surface area contributed by atoms with E-state index in [0.29, 0.717) is 0 Å². The van der Waals surface area contributed by atoms with E-state index in [1.165, 1.54) is 31.5 Å². The van der Waals surface area contributed by atoms with Crippen LogP contribution in [0.4, 0.5) is 0 Å². The monoisotopic (exact) mass is 149 g/mol. The minimum Gasteiger partial charge on any atom is -0.351 e. The van der Waals surface area contributed by atoms with Gasteiger partial charge in [-0.25, -0.2) is 0 Å². The van der Waals surface area contributed by atoms with E-state index in [1.807, 2.05) is 0 Å². The lowest BCUT2D eigenvalue weighted by molar-refractivity contribution is 0.624. The van der Waals surface area contributed by atoms with Crippen LogP contribution in [0.2, 0.25) is 0 Å². The van der Waals surface area contributed by atoms with Crippen molar-refractivity contribution in [1.82, 2.24) is 4.57 Å².